The summed E-state index contributed by atoms with van der Waals surface area (Å²) in [5.74, 6) is -0.502. The highest BCUT2D eigenvalue weighted by Gasteiger charge is 2.27. The van der Waals surface area contributed by atoms with E-state index in [1.807, 2.05) is 6.07 Å². The molecule has 0 radical (unpaired) electrons. The Labute approximate surface area is 203 Å². The van der Waals surface area contributed by atoms with E-state index in [-0.39, 0.29) is 12.1 Å². The van der Waals surface area contributed by atoms with Crippen molar-refractivity contribution in [2.75, 3.05) is 23.8 Å². The maximum Gasteiger partial charge on any atom is 0.330 e. The number of anilines is 2. The Morgan fingerprint density at radius 3 is 2.31 bits per heavy atom. The molecule has 0 aliphatic heterocycles. The number of carbonyl (C=O) groups excluding carboxylic acids is 2. The first-order chi connectivity index (χ1) is 16.7. The zero-order valence-electron chi connectivity index (χ0n) is 19.1. The normalized spacial score (nSPS) is 11.7. The highest BCUT2D eigenvalue weighted by atomic mass is 32.2. The zero-order chi connectivity index (χ0) is 25.4. The summed E-state index contributed by atoms with van der Waals surface area (Å²) in [6, 6.07) is 18.3. The third-order valence-electron chi connectivity index (χ3n) is 4.98. The second kappa shape index (κ2) is 11.3. The number of ether oxygens (including phenoxy) is 1. The van der Waals surface area contributed by atoms with Crippen molar-refractivity contribution in [3.63, 3.8) is 0 Å². The lowest BCUT2D eigenvalue weighted by Crippen LogP contribution is -2.53. The van der Waals surface area contributed by atoms with E-state index in [2.05, 4.69) is 10.0 Å². The number of likely N-dealkylation sites (N-methyl/N-ethyl adjacent to an activating group) is 1. The summed E-state index contributed by atoms with van der Waals surface area (Å²) < 4.78 is 47.0. The maximum atomic E-state index is 13.3. The van der Waals surface area contributed by atoms with Crippen LogP contribution in [-0.4, -0.2) is 40.6 Å². The Hall–Kier alpha value is -4.12. The second-order valence-electron chi connectivity index (χ2n) is 7.53. The lowest BCUT2D eigenvalue weighted by Gasteiger charge is -2.25. The van der Waals surface area contributed by atoms with Gasteiger partial charge in [0.2, 0.25) is 5.91 Å². The summed E-state index contributed by atoms with van der Waals surface area (Å²) in [6.45, 7) is 0. The van der Waals surface area contributed by atoms with Gasteiger partial charge in [0.1, 0.15) is 17.6 Å². The smallest absolute Gasteiger partial charge is 0.330 e. The fourth-order valence-electron chi connectivity index (χ4n) is 3.26. The third-order valence-corrected chi connectivity index (χ3v) is 5.94. The summed E-state index contributed by atoms with van der Waals surface area (Å²) in [7, 11) is -1.32. The van der Waals surface area contributed by atoms with Gasteiger partial charge in [-0.05, 0) is 48.0 Å². The highest BCUT2D eigenvalue weighted by molar-refractivity contribution is 7.91. The van der Waals surface area contributed by atoms with Crippen molar-refractivity contribution >= 4 is 33.5 Å². The topological polar surface area (TPSA) is 117 Å². The van der Waals surface area contributed by atoms with Crippen LogP contribution in [0.3, 0.4) is 0 Å². The fraction of sp³-hybridized carbons (Fsp3) is 0.167. The quantitative estimate of drug-likeness (QED) is 0.418. The number of nitrogens with one attached hydrogen (secondary N) is 3. The van der Waals surface area contributed by atoms with Gasteiger partial charge in [0, 0.05) is 19.2 Å². The highest BCUT2D eigenvalue weighted by Crippen LogP contribution is 2.19. The monoisotopic (exact) mass is 500 g/mol. The number of methoxy groups -OCH3 is 1. The molecular weight excluding hydrogens is 475 g/mol. The molecule has 0 aromatic heterocycles. The largest absolute Gasteiger partial charge is 0.497 e. The van der Waals surface area contributed by atoms with Crippen molar-refractivity contribution in [2.24, 2.45) is 0 Å². The molecule has 1 unspecified atom stereocenters. The van der Waals surface area contributed by atoms with Crippen LogP contribution in [0, 0.1) is 5.82 Å². The average Bonchev–Trinajstić information content (AvgIpc) is 2.82. The number of hydrogen-bond acceptors (Lipinski definition) is 5. The van der Waals surface area contributed by atoms with Crippen molar-refractivity contribution < 1.29 is 27.1 Å². The van der Waals surface area contributed by atoms with Crippen molar-refractivity contribution in [1.29, 1.82) is 0 Å². The molecule has 0 fully saturated rings. The summed E-state index contributed by atoms with van der Waals surface area (Å²) in [6.07, 6.45) is 0.116. The molecule has 0 saturated carbocycles. The fourth-order valence-corrected chi connectivity index (χ4v) is 4.05. The van der Waals surface area contributed by atoms with Gasteiger partial charge in [0.05, 0.1) is 12.8 Å². The van der Waals surface area contributed by atoms with Gasteiger partial charge < -0.3 is 15.0 Å². The molecule has 0 aliphatic rings. The van der Waals surface area contributed by atoms with E-state index < -0.39 is 34.0 Å². The van der Waals surface area contributed by atoms with E-state index in [1.165, 1.54) is 24.1 Å². The van der Waals surface area contributed by atoms with Crippen LogP contribution in [0.5, 0.6) is 5.75 Å². The molecule has 3 amide bonds. The van der Waals surface area contributed by atoms with Gasteiger partial charge in [-0.2, -0.15) is 8.42 Å². The molecule has 0 aliphatic carbocycles. The third kappa shape index (κ3) is 7.44. The van der Waals surface area contributed by atoms with Gasteiger partial charge in [-0.3, -0.25) is 9.52 Å². The van der Waals surface area contributed by atoms with Crippen LogP contribution >= 0.6 is 0 Å². The predicted octanol–water partition coefficient (Wildman–Crippen LogP) is 3.06. The SMILES string of the molecule is COc1ccc(N(C)C(=O)C(Cc2ccccc2)NC(=O)NS(=O)(=O)Nc2cccc(F)c2)cc1. The van der Waals surface area contributed by atoms with Gasteiger partial charge in [0.25, 0.3) is 0 Å². The van der Waals surface area contributed by atoms with E-state index in [9.17, 15) is 22.4 Å². The lowest BCUT2D eigenvalue weighted by molar-refractivity contribution is -0.120. The first-order valence-electron chi connectivity index (χ1n) is 10.5. The van der Waals surface area contributed by atoms with E-state index in [1.54, 1.807) is 60.3 Å². The predicted molar refractivity (Wildman–Crippen MR) is 131 cm³/mol. The number of benzene rings is 3. The van der Waals surface area contributed by atoms with E-state index in [0.29, 0.717) is 11.4 Å². The Bertz CT molecular complexity index is 1270. The minimum absolute atomic E-state index is 0.0681. The minimum Gasteiger partial charge on any atom is -0.497 e. The molecule has 0 spiro atoms. The first-order valence-corrected chi connectivity index (χ1v) is 12.0. The molecule has 11 heteroatoms. The Kier molecular flexibility index (Phi) is 8.26. The number of nitrogens with zero attached hydrogens (tertiary/aromatic N) is 1. The maximum absolute atomic E-state index is 13.3. The number of hydrogen-bond donors (Lipinski definition) is 3. The zero-order valence-corrected chi connectivity index (χ0v) is 19.9. The number of amides is 3. The van der Waals surface area contributed by atoms with Crippen LogP contribution in [0.25, 0.3) is 0 Å². The van der Waals surface area contributed by atoms with Crippen LogP contribution in [0.2, 0.25) is 0 Å². The summed E-state index contributed by atoms with van der Waals surface area (Å²) in [5.41, 5.74) is 1.24. The van der Waals surface area contributed by atoms with Gasteiger partial charge in [-0.25, -0.2) is 13.9 Å². The Morgan fingerprint density at radius 2 is 1.69 bits per heavy atom. The summed E-state index contributed by atoms with van der Waals surface area (Å²) in [5, 5.41) is 2.43. The van der Waals surface area contributed by atoms with Crippen LogP contribution in [0.15, 0.2) is 78.9 Å². The van der Waals surface area contributed by atoms with Gasteiger partial charge >= 0.3 is 16.2 Å². The summed E-state index contributed by atoms with van der Waals surface area (Å²) in [4.78, 5) is 27.2. The van der Waals surface area contributed by atoms with Gasteiger partial charge in [0.15, 0.2) is 0 Å². The number of carbonyl (C=O) groups is 2. The minimum atomic E-state index is -4.39. The number of urea groups is 1. The van der Waals surface area contributed by atoms with Crippen molar-refractivity contribution in [3.8, 4) is 5.75 Å². The van der Waals surface area contributed by atoms with Crippen LogP contribution < -0.4 is 24.4 Å². The Morgan fingerprint density at radius 1 is 1.00 bits per heavy atom. The van der Waals surface area contributed by atoms with E-state index in [4.69, 9.17) is 4.74 Å². The average molecular weight is 501 g/mol. The van der Waals surface area contributed by atoms with Crippen molar-refractivity contribution in [2.45, 2.75) is 12.5 Å². The number of rotatable bonds is 9. The van der Waals surface area contributed by atoms with Crippen LogP contribution in [-0.2, 0) is 21.4 Å². The molecule has 184 valence electrons. The van der Waals surface area contributed by atoms with E-state index in [0.717, 1.165) is 17.7 Å². The van der Waals surface area contributed by atoms with Crippen LogP contribution in [0.4, 0.5) is 20.6 Å². The summed E-state index contributed by atoms with van der Waals surface area (Å²) >= 11 is 0. The molecule has 9 nitrogen and oxygen atoms in total. The molecule has 3 aromatic rings. The molecule has 3 aromatic carbocycles. The first kappa shape index (κ1) is 25.5. The molecule has 35 heavy (non-hydrogen) atoms. The standard InChI is InChI=1S/C24H25FN4O5S/c1-29(20-11-13-21(34-2)14-12-20)23(30)22(15-17-7-4-3-5-8-17)26-24(31)28-35(32,33)27-19-10-6-9-18(25)16-19/h3-14,16,22,27H,15H2,1-2H3,(H2,26,28,31). The molecule has 3 rings (SSSR count). The molecule has 0 heterocycles. The molecular formula is C24H25FN4O5S. The molecule has 0 bridgehead atoms. The van der Waals surface area contributed by atoms with E-state index >= 15 is 0 Å². The molecule has 0 saturated heterocycles. The second-order valence-corrected chi connectivity index (χ2v) is 8.94. The number of halogens is 1. The van der Waals surface area contributed by atoms with Crippen molar-refractivity contribution in [1.82, 2.24) is 10.0 Å². The van der Waals surface area contributed by atoms with Gasteiger partial charge in [-0.15, -0.1) is 0 Å². The lowest BCUT2D eigenvalue weighted by atomic mass is 10.0. The van der Waals surface area contributed by atoms with Crippen molar-refractivity contribution in [3.05, 3.63) is 90.2 Å². The Balaban J connectivity index is 1.75. The van der Waals surface area contributed by atoms with Crippen LogP contribution in [0.1, 0.15) is 5.56 Å². The molecule has 3 N–H and O–H groups in total. The van der Waals surface area contributed by atoms with Gasteiger partial charge in [-0.1, -0.05) is 36.4 Å². The molecule has 1 atom stereocenters.